The molecule has 120 valence electrons. The van der Waals surface area contributed by atoms with Crippen LogP contribution in [-0.4, -0.2) is 36.2 Å². The Balaban J connectivity index is 1.94. The Kier molecular flexibility index (Phi) is 5.26. The van der Waals surface area contributed by atoms with Crippen LogP contribution < -0.4 is 15.4 Å². The lowest BCUT2D eigenvalue weighted by molar-refractivity contribution is -0.136. The maximum Gasteiger partial charge on any atom is 0.313 e. The Bertz CT molecular complexity index is 571. The first-order valence-corrected chi connectivity index (χ1v) is 7.46. The number of carbonyl (C=O) groups is 2. The molecule has 2 rings (SSSR count). The third-order valence-electron chi connectivity index (χ3n) is 3.73. The second-order valence-electron chi connectivity index (χ2n) is 5.41. The molecule has 2 amide bonds. The average Bonchev–Trinajstić information content (AvgIpc) is 2.92. The summed E-state index contributed by atoms with van der Waals surface area (Å²) in [6.45, 7) is 0.0753. The molecule has 1 aliphatic rings. The smallest absolute Gasteiger partial charge is 0.313 e. The zero-order valence-electron chi connectivity index (χ0n) is 12.3. The third-order valence-corrected chi connectivity index (χ3v) is 3.96. The SMILES string of the molecule is COc1ccc(Cl)cc1NC(=O)C(=O)NCC1(O)CCCC1. The Morgan fingerprint density at radius 3 is 2.64 bits per heavy atom. The fourth-order valence-electron chi connectivity index (χ4n) is 2.49. The highest BCUT2D eigenvalue weighted by atomic mass is 35.5. The van der Waals surface area contributed by atoms with Crippen molar-refractivity contribution in [2.24, 2.45) is 0 Å². The van der Waals surface area contributed by atoms with E-state index in [-0.39, 0.29) is 6.54 Å². The molecule has 0 radical (unpaired) electrons. The quantitative estimate of drug-likeness (QED) is 0.735. The molecule has 1 saturated carbocycles. The van der Waals surface area contributed by atoms with Crippen molar-refractivity contribution in [3.05, 3.63) is 23.2 Å². The zero-order valence-corrected chi connectivity index (χ0v) is 13.1. The minimum absolute atomic E-state index is 0.0753. The van der Waals surface area contributed by atoms with Crippen molar-refractivity contribution in [1.82, 2.24) is 5.32 Å². The van der Waals surface area contributed by atoms with Gasteiger partial charge in [-0.25, -0.2) is 0 Å². The molecule has 0 heterocycles. The zero-order chi connectivity index (χ0) is 16.2. The molecule has 7 heteroatoms. The molecule has 0 saturated heterocycles. The lowest BCUT2D eigenvalue weighted by Crippen LogP contribution is -2.44. The first-order valence-electron chi connectivity index (χ1n) is 7.09. The minimum atomic E-state index is -0.899. The molecule has 0 aromatic heterocycles. The second kappa shape index (κ2) is 6.98. The summed E-state index contributed by atoms with van der Waals surface area (Å²) < 4.78 is 5.09. The number of hydrogen-bond acceptors (Lipinski definition) is 4. The van der Waals surface area contributed by atoms with Gasteiger partial charge in [0.25, 0.3) is 0 Å². The van der Waals surface area contributed by atoms with Crippen molar-refractivity contribution < 1.29 is 19.4 Å². The van der Waals surface area contributed by atoms with E-state index >= 15 is 0 Å². The monoisotopic (exact) mass is 326 g/mol. The van der Waals surface area contributed by atoms with Crippen molar-refractivity contribution >= 4 is 29.1 Å². The van der Waals surface area contributed by atoms with E-state index < -0.39 is 17.4 Å². The van der Waals surface area contributed by atoms with Crippen LogP contribution in [-0.2, 0) is 9.59 Å². The lowest BCUT2D eigenvalue weighted by atomic mass is 10.0. The Labute approximate surface area is 133 Å². The van der Waals surface area contributed by atoms with E-state index in [1.807, 2.05) is 0 Å². The van der Waals surface area contributed by atoms with E-state index in [0.717, 1.165) is 12.8 Å². The second-order valence-corrected chi connectivity index (χ2v) is 5.85. The summed E-state index contributed by atoms with van der Waals surface area (Å²) in [7, 11) is 1.45. The predicted octanol–water partition coefficient (Wildman–Crippen LogP) is 1.71. The number of nitrogens with one attached hydrogen (secondary N) is 2. The highest BCUT2D eigenvalue weighted by Crippen LogP contribution is 2.29. The molecular formula is C15H19ClN2O4. The number of methoxy groups -OCH3 is 1. The average molecular weight is 327 g/mol. The van der Waals surface area contributed by atoms with Crippen LogP contribution in [0.4, 0.5) is 5.69 Å². The van der Waals surface area contributed by atoms with Crippen LogP contribution in [0.2, 0.25) is 5.02 Å². The van der Waals surface area contributed by atoms with Crippen molar-refractivity contribution in [1.29, 1.82) is 0 Å². The molecule has 22 heavy (non-hydrogen) atoms. The molecule has 1 aromatic carbocycles. The molecular weight excluding hydrogens is 308 g/mol. The van der Waals surface area contributed by atoms with E-state index in [9.17, 15) is 14.7 Å². The van der Waals surface area contributed by atoms with Crippen LogP contribution >= 0.6 is 11.6 Å². The van der Waals surface area contributed by atoms with Crippen molar-refractivity contribution in [2.45, 2.75) is 31.3 Å². The number of ether oxygens (including phenoxy) is 1. The minimum Gasteiger partial charge on any atom is -0.495 e. The van der Waals surface area contributed by atoms with Crippen molar-refractivity contribution in [3.8, 4) is 5.75 Å². The number of aliphatic hydroxyl groups is 1. The Morgan fingerprint density at radius 2 is 2.00 bits per heavy atom. The van der Waals surface area contributed by atoms with Crippen molar-refractivity contribution in [3.63, 3.8) is 0 Å². The van der Waals surface area contributed by atoms with Gasteiger partial charge in [-0.05, 0) is 31.0 Å². The summed E-state index contributed by atoms with van der Waals surface area (Å²) in [5, 5.41) is 15.5. The van der Waals surface area contributed by atoms with Gasteiger partial charge in [-0.2, -0.15) is 0 Å². The molecule has 0 atom stereocenters. The van der Waals surface area contributed by atoms with E-state index in [0.29, 0.717) is 29.3 Å². The van der Waals surface area contributed by atoms with Gasteiger partial charge in [-0.15, -0.1) is 0 Å². The number of carbonyl (C=O) groups excluding carboxylic acids is 2. The fraction of sp³-hybridized carbons (Fsp3) is 0.467. The van der Waals surface area contributed by atoms with E-state index in [2.05, 4.69) is 10.6 Å². The standard InChI is InChI=1S/C15H19ClN2O4/c1-22-12-5-4-10(16)8-11(12)18-14(20)13(19)17-9-15(21)6-2-3-7-15/h4-5,8,21H,2-3,6-7,9H2,1H3,(H,17,19)(H,18,20). The van der Waals surface area contributed by atoms with Crippen molar-refractivity contribution in [2.75, 3.05) is 19.0 Å². The number of halogens is 1. The molecule has 0 bridgehead atoms. The van der Waals surface area contributed by atoms with E-state index in [1.165, 1.54) is 13.2 Å². The Morgan fingerprint density at radius 1 is 1.32 bits per heavy atom. The summed E-state index contributed by atoms with van der Waals surface area (Å²) in [4.78, 5) is 23.7. The number of hydrogen-bond donors (Lipinski definition) is 3. The molecule has 0 aliphatic heterocycles. The highest BCUT2D eigenvalue weighted by molar-refractivity contribution is 6.40. The van der Waals surface area contributed by atoms with Crippen LogP contribution in [0, 0.1) is 0 Å². The largest absolute Gasteiger partial charge is 0.495 e. The van der Waals surface area contributed by atoms with Gasteiger partial charge in [-0.1, -0.05) is 24.4 Å². The van der Waals surface area contributed by atoms with Gasteiger partial charge in [0.15, 0.2) is 0 Å². The molecule has 0 unspecified atom stereocenters. The lowest BCUT2D eigenvalue weighted by Gasteiger charge is -2.22. The topological polar surface area (TPSA) is 87.7 Å². The summed E-state index contributed by atoms with van der Waals surface area (Å²) in [5.74, 6) is -1.23. The third kappa shape index (κ3) is 4.11. The maximum absolute atomic E-state index is 11.9. The first-order chi connectivity index (χ1) is 10.4. The number of anilines is 1. The number of amides is 2. The number of rotatable bonds is 4. The molecule has 1 aliphatic carbocycles. The van der Waals surface area contributed by atoms with Crippen LogP contribution in [0.3, 0.4) is 0 Å². The molecule has 0 spiro atoms. The van der Waals surface area contributed by atoms with Gasteiger partial charge in [0.1, 0.15) is 5.75 Å². The van der Waals surface area contributed by atoms with Gasteiger partial charge in [0.2, 0.25) is 0 Å². The molecule has 1 fully saturated rings. The Hall–Kier alpha value is -1.79. The first kappa shape index (κ1) is 16.6. The van der Waals surface area contributed by atoms with Crippen LogP contribution in [0.25, 0.3) is 0 Å². The molecule has 3 N–H and O–H groups in total. The van der Waals surface area contributed by atoms with Gasteiger partial charge < -0.3 is 20.5 Å². The van der Waals surface area contributed by atoms with Gasteiger partial charge in [-0.3, -0.25) is 9.59 Å². The summed E-state index contributed by atoms with van der Waals surface area (Å²) in [6.07, 6.45) is 3.13. The molecule has 1 aromatic rings. The summed E-state index contributed by atoms with van der Waals surface area (Å²) in [5.41, 5.74) is -0.585. The van der Waals surface area contributed by atoms with Gasteiger partial charge in [0.05, 0.1) is 18.4 Å². The van der Waals surface area contributed by atoms with E-state index in [4.69, 9.17) is 16.3 Å². The van der Waals surface area contributed by atoms with Crippen LogP contribution in [0.5, 0.6) is 5.75 Å². The summed E-state index contributed by atoms with van der Waals surface area (Å²) in [6, 6.07) is 4.71. The maximum atomic E-state index is 11.9. The molecule has 6 nitrogen and oxygen atoms in total. The summed E-state index contributed by atoms with van der Waals surface area (Å²) >= 11 is 5.86. The van der Waals surface area contributed by atoms with Gasteiger partial charge >= 0.3 is 11.8 Å². The highest BCUT2D eigenvalue weighted by Gasteiger charge is 2.32. The van der Waals surface area contributed by atoms with Crippen LogP contribution in [0.1, 0.15) is 25.7 Å². The fourth-order valence-corrected chi connectivity index (χ4v) is 2.66. The number of benzene rings is 1. The normalized spacial score (nSPS) is 16.1. The van der Waals surface area contributed by atoms with Crippen LogP contribution in [0.15, 0.2) is 18.2 Å². The van der Waals surface area contributed by atoms with E-state index in [1.54, 1.807) is 12.1 Å². The predicted molar refractivity (Wildman–Crippen MR) is 83.1 cm³/mol. The van der Waals surface area contributed by atoms with Gasteiger partial charge in [0, 0.05) is 11.6 Å².